The van der Waals surface area contributed by atoms with Gasteiger partial charge in [0.1, 0.15) is 42.3 Å². The number of aliphatic carboxylic acids is 3. The molecule has 78 heavy (non-hydrogen) atoms. The predicted octanol–water partition coefficient (Wildman–Crippen LogP) is -2.80. The van der Waals surface area contributed by atoms with Gasteiger partial charge in [0.25, 0.3) is 0 Å². The molecule has 0 aliphatic carbocycles. The molecule has 0 aliphatic rings. The van der Waals surface area contributed by atoms with Gasteiger partial charge in [-0.1, -0.05) is 52.3 Å². The van der Waals surface area contributed by atoms with Crippen LogP contribution in [0.25, 0.3) is 10.9 Å². The standard InChI is InChI=1S/C50H79N13O15/c1-5-27(4)42(50(77)78)63-47(74)33(15-9-11-19-52)58-49(76)37(23-41(68)69)62-46(73)34(16-17-38(54)64)59-48(75)36(21-28-24-55-31-13-7-6-12-29(28)31)61-45(72)32(14-8-10-18-51)57-39(65)25-56-44(71)35(20-26(2)3)60-43(70)30(53)22-40(66)67/h6-7,12-13,24,26-27,30,32-37,42,55H,5,8-11,14-23,25,51-53H2,1-4H3,(H2,54,64)(H,56,71)(H,57,65)(H,58,76)(H,59,75)(H,60,70)(H,61,72)(H,62,73)(H,63,74)(H,66,67)(H,68,69)(H,77,78)/t27-,30-,32-,33-,34-,35-,36-,37-,42-/m0/s1. The van der Waals surface area contributed by atoms with Crippen molar-refractivity contribution in [1.29, 1.82) is 0 Å². The van der Waals surface area contributed by atoms with E-state index in [9.17, 15) is 67.7 Å². The molecule has 9 amide bonds. The second-order valence-corrected chi connectivity index (χ2v) is 19.4. The Morgan fingerprint density at radius 2 is 1.09 bits per heavy atom. The number of hydrogen-bond donors (Lipinski definition) is 16. The van der Waals surface area contributed by atoms with Crippen molar-refractivity contribution in [3.63, 3.8) is 0 Å². The second-order valence-electron chi connectivity index (χ2n) is 19.4. The van der Waals surface area contributed by atoms with Crippen molar-refractivity contribution in [2.45, 2.75) is 160 Å². The van der Waals surface area contributed by atoms with Gasteiger partial charge in [0.05, 0.1) is 25.4 Å². The monoisotopic (exact) mass is 1100 g/mol. The Labute approximate surface area is 451 Å². The van der Waals surface area contributed by atoms with Gasteiger partial charge in [-0.2, -0.15) is 0 Å². The summed E-state index contributed by atoms with van der Waals surface area (Å²) in [5, 5.41) is 48.9. The highest BCUT2D eigenvalue weighted by atomic mass is 16.4. The fraction of sp³-hybridized carbons (Fsp3) is 0.600. The molecule has 0 fully saturated rings. The maximum Gasteiger partial charge on any atom is 0.326 e. The molecule has 0 bridgehead atoms. The van der Waals surface area contributed by atoms with Crippen molar-refractivity contribution in [1.82, 2.24) is 47.5 Å². The Bertz CT molecular complexity index is 2400. The third-order valence-corrected chi connectivity index (χ3v) is 12.5. The number of benzene rings is 1. The first kappa shape index (κ1) is 66.4. The molecular formula is C50H79N13O15. The fourth-order valence-electron chi connectivity index (χ4n) is 8.02. The number of unbranched alkanes of at least 4 members (excludes halogenated alkanes) is 2. The number of hydrogen-bond acceptors (Lipinski definition) is 15. The number of carboxylic acid groups (broad SMARTS) is 3. The van der Waals surface area contributed by atoms with E-state index in [0.717, 1.165) is 0 Å². The van der Waals surface area contributed by atoms with Gasteiger partial charge in [-0.3, -0.25) is 52.7 Å². The maximum atomic E-state index is 14.5. The van der Waals surface area contributed by atoms with Crippen LogP contribution in [0.5, 0.6) is 0 Å². The largest absolute Gasteiger partial charge is 0.481 e. The van der Waals surface area contributed by atoms with E-state index < -0.39 is 158 Å². The number of H-pyrrole nitrogens is 1. The predicted molar refractivity (Wildman–Crippen MR) is 282 cm³/mol. The summed E-state index contributed by atoms with van der Waals surface area (Å²) in [5.41, 5.74) is 23.6. The molecule has 1 heterocycles. The van der Waals surface area contributed by atoms with Crippen molar-refractivity contribution >= 4 is 82.0 Å². The van der Waals surface area contributed by atoms with Crippen LogP contribution in [0.1, 0.15) is 110 Å². The molecule has 0 saturated heterocycles. The number of nitrogens with one attached hydrogen (secondary N) is 9. The quantitative estimate of drug-likeness (QED) is 0.0302. The molecule has 0 unspecified atom stereocenters. The number of para-hydroxylation sites is 1. The van der Waals surface area contributed by atoms with Crippen LogP contribution < -0.4 is 65.5 Å². The average molecular weight is 1100 g/mol. The molecule has 0 spiro atoms. The first-order valence-electron chi connectivity index (χ1n) is 25.9. The summed E-state index contributed by atoms with van der Waals surface area (Å²) in [7, 11) is 0. The van der Waals surface area contributed by atoms with Gasteiger partial charge in [-0.05, 0) is 87.9 Å². The zero-order chi connectivity index (χ0) is 58.6. The van der Waals surface area contributed by atoms with Gasteiger partial charge in [0, 0.05) is 29.9 Å². The van der Waals surface area contributed by atoms with Crippen LogP contribution in [-0.4, -0.2) is 159 Å². The Morgan fingerprint density at radius 3 is 1.63 bits per heavy atom. The van der Waals surface area contributed by atoms with Crippen molar-refractivity contribution in [3.05, 3.63) is 36.0 Å². The second kappa shape index (κ2) is 34.1. The minimum Gasteiger partial charge on any atom is -0.481 e. The number of amides is 9. The minimum absolute atomic E-state index is 0.0259. The summed E-state index contributed by atoms with van der Waals surface area (Å²) in [6.07, 6.45) is 0.298. The van der Waals surface area contributed by atoms with E-state index in [4.69, 9.17) is 28.0 Å². The Balaban J connectivity index is 2.50. The number of fused-ring (bicyclic) bond motifs is 1. The topological polar surface area (TPSA) is 482 Å². The highest BCUT2D eigenvalue weighted by Crippen LogP contribution is 2.20. The van der Waals surface area contributed by atoms with Crippen LogP contribution in [0.4, 0.5) is 0 Å². The minimum atomic E-state index is -1.91. The number of nitrogens with two attached hydrogens (primary N) is 4. The lowest BCUT2D eigenvalue weighted by atomic mass is 9.98. The molecule has 2 rings (SSSR count). The van der Waals surface area contributed by atoms with Crippen LogP contribution in [-0.2, 0) is 64.0 Å². The Kier molecular flexibility index (Phi) is 29.1. The molecule has 20 N–H and O–H groups in total. The van der Waals surface area contributed by atoms with Gasteiger partial charge < -0.3 is 85.8 Å². The summed E-state index contributed by atoms with van der Waals surface area (Å²) in [6.45, 7) is 6.55. The van der Waals surface area contributed by atoms with Crippen molar-refractivity contribution in [2.24, 2.45) is 34.8 Å². The van der Waals surface area contributed by atoms with Crippen molar-refractivity contribution in [3.8, 4) is 0 Å². The first-order chi connectivity index (χ1) is 36.8. The highest BCUT2D eigenvalue weighted by molar-refractivity contribution is 5.99. The van der Waals surface area contributed by atoms with E-state index in [-0.39, 0.29) is 51.1 Å². The summed E-state index contributed by atoms with van der Waals surface area (Å²) >= 11 is 0. The SMILES string of the molecule is CC[C@H](C)[C@H](NC(=O)[C@H](CCCCN)NC(=O)[C@H](CC(=O)O)NC(=O)[C@H](CCC(N)=O)NC(=O)[C@H](Cc1c[nH]c2ccccc12)NC(=O)[C@H](CCCCN)NC(=O)CNC(=O)[C@H](CC(C)C)NC(=O)[C@@H](N)CC(=O)O)C(=O)O. The Morgan fingerprint density at radius 1 is 0.590 bits per heavy atom. The molecule has 2 aromatic rings. The lowest BCUT2D eigenvalue weighted by molar-refractivity contribution is -0.144. The van der Waals surface area contributed by atoms with E-state index in [2.05, 4.69) is 47.5 Å². The summed E-state index contributed by atoms with van der Waals surface area (Å²) in [6, 6.07) is -5.03. The van der Waals surface area contributed by atoms with Gasteiger partial charge in [0.15, 0.2) is 0 Å². The third-order valence-electron chi connectivity index (χ3n) is 12.5. The number of aromatic amines is 1. The van der Waals surface area contributed by atoms with E-state index >= 15 is 0 Å². The molecule has 28 nitrogen and oxygen atoms in total. The number of primary amides is 1. The van der Waals surface area contributed by atoms with Crippen molar-refractivity contribution < 1.29 is 72.9 Å². The smallest absolute Gasteiger partial charge is 0.326 e. The fourth-order valence-corrected chi connectivity index (χ4v) is 8.02. The number of aromatic nitrogens is 1. The van der Waals surface area contributed by atoms with Crippen LogP contribution in [0, 0.1) is 11.8 Å². The molecule has 28 heteroatoms. The summed E-state index contributed by atoms with van der Waals surface area (Å²) in [4.78, 5) is 160. The number of carbonyl (C=O) groups excluding carboxylic acids is 9. The zero-order valence-corrected chi connectivity index (χ0v) is 44.5. The van der Waals surface area contributed by atoms with Crippen LogP contribution in [0.3, 0.4) is 0 Å². The first-order valence-corrected chi connectivity index (χ1v) is 25.9. The number of rotatable bonds is 38. The highest BCUT2D eigenvalue weighted by Gasteiger charge is 2.36. The third kappa shape index (κ3) is 23.7. The Hall–Kier alpha value is -7.72. The maximum absolute atomic E-state index is 14.5. The van der Waals surface area contributed by atoms with E-state index in [1.807, 2.05) is 0 Å². The molecule has 0 radical (unpaired) electrons. The van der Waals surface area contributed by atoms with E-state index in [0.29, 0.717) is 42.1 Å². The molecular weight excluding hydrogens is 1020 g/mol. The number of carboxylic acids is 3. The van der Waals surface area contributed by atoms with E-state index in [1.165, 1.54) is 0 Å². The average Bonchev–Trinajstić information content (AvgIpc) is 3.78. The summed E-state index contributed by atoms with van der Waals surface area (Å²) in [5.74, 6) is -13.6. The molecule has 434 valence electrons. The van der Waals surface area contributed by atoms with E-state index in [1.54, 1.807) is 58.2 Å². The van der Waals surface area contributed by atoms with Crippen LogP contribution >= 0.6 is 0 Å². The lowest BCUT2D eigenvalue weighted by Crippen LogP contribution is -2.60. The normalized spacial score (nSPS) is 14.6. The molecule has 1 aromatic carbocycles. The molecule has 0 aliphatic heterocycles. The van der Waals surface area contributed by atoms with Crippen molar-refractivity contribution in [2.75, 3.05) is 19.6 Å². The van der Waals surface area contributed by atoms with Gasteiger partial charge in [-0.25, -0.2) is 4.79 Å². The zero-order valence-electron chi connectivity index (χ0n) is 44.5. The summed E-state index contributed by atoms with van der Waals surface area (Å²) < 4.78 is 0. The van der Waals surface area contributed by atoms with Gasteiger partial charge in [-0.15, -0.1) is 0 Å². The van der Waals surface area contributed by atoms with Crippen LogP contribution in [0.15, 0.2) is 30.5 Å². The lowest BCUT2D eigenvalue weighted by Gasteiger charge is -2.27. The van der Waals surface area contributed by atoms with Gasteiger partial charge >= 0.3 is 17.9 Å². The molecule has 0 saturated carbocycles. The molecule has 9 atom stereocenters. The van der Waals surface area contributed by atoms with Gasteiger partial charge in [0.2, 0.25) is 53.2 Å². The number of carbonyl (C=O) groups is 12. The molecule has 1 aromatic heterocycles. The van der Waals surface area contributed by atoms with Crippen LogP contribution in [0.2, 0.25) is 0 Å².